The maximum absolute atomic E-state index is 10.8. The van der Waals surface area contributed by atoms with Gasteiger partial charge >= 0.3 is 0 Å². The minimum atomic E-state index is -0.461. The van der Waals surface area contributed by atoms with Crippen molar-refractivity contribution in [2.75, 3.05) is 5.73 Å². The Bertz CT molecular complexity index is 862. The fourth-order valence-electron chi connectivity index (χ4n) is 1.97. The van der Waals surface area contributed by atoms with Gasteiger partial charge in [0, 0.05) is 23.3 Å². The molecule has 0 spiro atoms. The molecule has 8 heteroatoms. The molecule has 1 aromatic heterocycles. The van der Waals surface area contributed by atoms with Crippen LogP contribution in [0.3, 0.4) is 0 Å². The molecule has 0 fully saturated rings. The van der Waals surface area contributed by atoms with Crippen molar-refractivity contribution in [3.63, 3.8) is 0 Å². The number of halogens is 1. The van der Waals surface area contributed by atoms with Crippen molar-refractivity contribution >= 4 is 23.0 Å². The Morgan fingerprint density at radius 2 is 2.00 bits per heavy atom. The van der Waals surface area contributed by atoms with E-state index in [1.165, 1.54) is 12.1 Å². The van der Waals surface area contributed by atoms with Crippen molar-refractivity contribution in [3.8, 4) is 22.8 Å². The number of nitrogens with one attached hydrogen (secondary N) is 1. The SMILES string of the molecule is Nc1cc(-c2nc(-c3cccc([N+](=O)[O-])c3)n[nH]2)ccc1Cl. The van der Waals surface area contributed by atoms with Crippen LogP contribution in [0, 0.1) is 10.1 Å². The molecule has 3 aromatic rings. The third-order valence-electron chi connectivity index (χ3n) is 3.07. The molecule has 1 heterocycles. The molecule has 2 aromatic carbocycles. The average Bonchev–Trinajstić information content (AvgIpc) is 3.00. The first-order chi connectivity index (χ1) is 10.5. The quantitative estimate of drug-likeness (QED) is 0.437. The highest BCUT2D eigenvalue weighted by molar-refractivity contribution is 6.33. The van der Waals surface area contributed by atoms with Gasteiger partial charge in [0.1, 0.15) is 0 Å². The summed E-state index contributed by atoms with van der Waals surface area (Å²) >= 11 is 5.88. The lowest BCUT2D eigenvalue weighted by Crippen LogP contribution is -1.89. The summed E-state index contributed by atoms with van der Waals surface area (Å²) < 4.78 is 0. The molecular weight excluding hydrogens is 306 g/mol. The number of non-ortho nitro benzene ring substituents is 1. The van der Waals surface area contributed by atoms with Gasteiger partial charge in [0.25, 0.3) is 5.69 Å². The number of hydrogen-bond acceptors (Lipinski definition) is 5. The van der Waals surface area contributed by atoms with E-state index in [2.05, 4.69) is 15.2 Å². The topological polar surface area (TPSA) is 111 Å². The summed E-state index contributed by atoms with van der Waals surface area (Å²) in [4.78, 5) is 14.7. The van der Waals surface area contributed by atoms with E-state index in [-0.39, 0.29) is 5.69 Å². The fraction of sp³-hybridized carbons (Fsp3) is 0. The van der Waals surface area contributed by atoms with Crippen LogP contribution in [0.15, 0.2) is 42.5 Å². The Kier molecular flexibility index (Phi) is 3.48. The molecule has 0 saturated carbocycles. The van der Waals surface area contributed by atoms with Gasteiger partial charge in [-0.3, -0.25) is 15.2 Å². The highest BCUT2D eigenvalue weighted by Crippen LogP contribution is 2.27. The zero-order valence-electron chi connectivity index (χ0n) is 11.2. The maximum atomic E-state index is 10.8. The number of nitro groups is 1. The molecular formula is C14H10ClN5O2. The minimum Gasteiger partial charge on any atom is -0.398 e. The van der Waals surface area contributed by atoms with Crippen molar-refractivity contribution in [1.82, 2.24) is 15.2 Å². The number of nitrogens with two attached hydrogens (primary N) is 1. The third kappa shape index (κ3) is 2.61. The van der Waals surface area contributed by atoms with Crippen LogP contribution < -0.4 is 5.73 Å². The van der Waals surface area contributed by atoms with E-state index < -0.39 is 4.92 Å². The van der Waals surface area contributed by atoms with Gasteiger partial charge in [-0.15, -0.1) is 0 Å². The minimum absolute atomic E-state index is 0.0143. The van der Waals surface area contributed by atoms with Crippen LogP contribution in [-0.2, 0) is 0 Å². The summed E-state index contributed by atoms with van der Waals surface area (Å²) in [5.74, 6) is 0.872. The number of nitrogen functional groups attached to an aromatic ring is 1. The Hall–Kier alpha value is -2.93. The van der Waals surface area contributed by atoms with Gasteiger partial charge in [-0.2, -0.15) is 5.10 Å². The summed E-state index contributed by atoms with van der Waals surface area (Å²) in [6.07, 6.45) is 0. The Labute approximate surface area is 129 Å². The second-order valence-electron chi connectivity index (χ2n) is 4.55. The van der Waals surface area contributed by atoms with Crippen LogP contribution in [0.1, 0.15) is 0 Å². The number of anilines is 1. The van der Waals surface area contributed by atoms with Crippen LogP contribution in [0.2, 0.25) is 5.02 Å². The van der Waals surface area contributed by atoms with Crippen molar-refractivity contribution in [2.45, 2.75) is 0 Å². The number of aromatic amines is 1. The lowest BCUT2D eigenvalue weighted by molar-refractivity contribution is -0.384. The number of benzene rings is 2. The standard InChI is InChI=1S/C14H10ClN5O2/c15-11-5-4-9(7-12(11)16)14-17-13(18-19-14)8-2-1-3-10(6-8)20(21)22/h1-7H,16H2,(H,17,18,19). The Morgan fingerprint density at radius 3 is 2.73 bits per heavy atom. The van der Waals surface area contributed by atoms with E-state index in [1.807, 2.05) is 0 Å². The summed E-state index contributed by atoms with van der Waals surface area (Å²) in [5, 5.41) is 18.1. The van der Waals surface area contributed by atoms with Gasteiger partial charge < -0.3 is 5.73 Å². The van der Waals surface area contributed by atoms with Gasteiger partial charge in [-0.1, -0.05) is 23.7 Å². The number of H-pyrrole nitrogens is 1. The van der Waals surface area contributed by atoms with Crippen molar-refractivity contribution in [3.05, 3.63) is 57.6 Å². The van der Waals surface area contributed by atoms with E-state index in [1.54, 1.807) is 30.3 Å². The zero-order chi connectivity index (χ0) is 15.7. The Morgan fingerprint density at radius 1 is 1.18 bits per heavy atom. The van der Waals surface area contributed by atoms with Crippen LogP contribution in [0.4, 0.5) is 11.4 Å². The molecule has 7 nitrogen and oxygen atoms in total. The molecule has 0 aliphatic rings. The van der Waals surface area contributed by atoms with Gasteiger partial charge in [0.15, 0.2) is 11.6 Å². The molecule has 0 radical (unpaired) electrons. The van der Waals surface area contributed by atoms with E-state index in [9.17, 15) is 10.1 Å². The first-order valence-electron chi connectivity index (χ1n) is 6.27. The van der Waals surface area contributed by atoms with Gasteiger partial charge in [-0.25, -0.2) is 4.98 Å². The summed E-state index contributed by atoms with van der Waals surface area (Å²) in [5.41, 5.74) is 7.47. The lowest BCUT2D eigenvalue weighted by Gasteiger charge is -2.00. The molecule has 0 saturated heterocycles. The van der Waals surface area contributed by atoms with Crippen LogP contribution in [-0.4, -0.2) is 20.1 Å². The number of nitrogens with zero attached hydrogens (tertiary/aromatic N) is 3. The highest BCUT2D eigenvalue weighted by Gasteiger charge is 2.12. The summed E-state index contributed by atoms with van der Waals surface area (Å²) in [7, 11) is 0. The molecule has 0 atom stereocenters. The largest absolute Gasteiger partial charge is 0.398 e. The van der Waals surface area contributed by atoms with E-state index in [0.29, 0.717) is 27.9 Å². The number of nitro benzene ring substituents is 1. The van der Waals surface area contributed by atoms with Crippen LogP contribution in [0.5, 0.6) is 0 Å². The average molecular weight is 316 g/mol. The van der Waals surface area contributed by atoms with Gasteiger partial charge in [0.05, 0.1) is 15.6 Å². The number of hydrogen-bond donors (Lipinski definition) is 2. The molecule has 0 aliphatic carbocycles. The Balaban J connectivity index is 1.98. The second-order valence-corrected chi connectivity index (χ2v) is 4.96. The van der Waals surface area contributed by atoms with Crippen LogP contribution >= 0.6 is 11.6 Å². The predicted octanol–water partition coefficient (Wildman–Crippen LogP) is 3.28. The monoisotopic (exact) mass is 315 g/mol. The first-order valence-corrected chi connectivity index (χ1v) is 6.65. The fourth-order valence-corrected chi connectivity index (χ4v) is 2.09. The predicted molar refractivity (Wildman–Crippen MR) is 83.3 cm³/mol. The van der Waals surface area contributed by atoms with Crippen molar-refractivity contribution < 1.29 is 4.92 Å². The highest BCUT2D eigenvalue weighted by atomic mass is 35.5. The molecule has 110 valence electrons. The van der Waals surface area contributed by atoms with E-state index >= 15 is 0 Å². The smallest absolute Gasteiger partial charge is 0.270 e. The molecule has 0 amide bonds. The van der Waals surface area contributed by atoms with Gasteiger partial charge in [-0.05, 0) is 18.2 Å². The molecule has 22 heavy (non-hydrogen) atoms. The number of rotatable bonds is 3. The zero-order valence-corrected chi connectivity index (χ0v) is 11.9. The first kappa shape index (κ1) is 14.0. The molecule has 3 rings (SSSR count). The van der Waals surface area contributed by atoms with E-state index in [0.717, 1.165) is 5.56 Å². The third-order valence-corrected chi connectivity index (χ3v) is 3.41. The van der Waals surface area contributed by atoms with Crippen molar-refractivity contribution in [1.29, 1.82) is 0 Å². The van der Waals surface area contributed by atoms with Gasteiger partial charge in [0.2, 0.25) is 0 Å². The molecule has 0 bridgehead atoms. The maximum Gasteiger partial charge on any atom is 0.270 e. The summed E-state index contributed by atoms with van der Waals surface area (Å²) in [6, 6.07) is 11.2. The van der Waals surface area contributed by atoms with Crippen molar-refractivity contribution in [2.24, 2.45) is 0 Å². The summed E-state index contributed by atoms with van der Waals surface area (Å²) in [6.45, 7) is 0. The number of aromatic nitrogens is 3. The molecule has 3 N–H and O–H groups in total. The lowest BCUT2D eigenvalue weighted by atomic mass is 10.2. The molecule has 0 aliphatic heterocycles. The normalized spacial score (nSPS) is 10.6. The van der Waals surface area contributed by atoms with E-state index in [4.69, 9.17) is 17.3 Å². The second kappa shape index (κ2) is 5.45. The molecule has 0 unspecified atom stereocenters. The van der Waals surface area contributed by atoms with Crippen LogP contribution in [0.25, 0.3) is 22.8 Å².